The van der Waals surface area contributed by atoms with Gasteiger partial charge < -0.3 is 11.5 Å². The Bertz CT molecular complexity index is 692. The van der Waals surface area contributed by atoms with E-state index in [-0.39, 0.29) is 17.5 Å². The Morgan fingerprint density at radius 2 is 1.89 bits per heavy atom. The summed E-state index contributed by atoms with van der Waals surface area (Å²) in [6.07, 6.45) is 1.33. The maximum Gasteiger partial charge on any atom is 0.208 e. The molecule has 0 unspecified atom stereocenters. The fourth-order valence-corrected chi connectivity index (χ4v) is 1.80. The monoisotopic (exact) mass is 244 g/mol. The Balaban J connectivity index is 2.36. The van der Waals surface area contributed by atoms with Crippen LogP contribution < -0.4 is 11.5 Å². The minimum absolute atomic E-state index is 0.0607. The number of fused-ring (bicyclic) bond motifs is 1. The van der Waals surface area contributed by atoms with Crippen LogP contribution in [-0.4, -0.2) is 19.5 Å². The number of nitrogens with two attached hydrogens (primary N) is 2. The Hall–Kier alpha value is -2.70. The molecular formula is C11H9FN6. The van der Waals surface area contributed by atoms with Gasteiger partial charge in [-0.25, -0.2) is 14.4 Å². The van der Waals surface area contributed by atoms with E-state index in [1.54, 1.807) is 18.2 Å². The Morgan fingerprint density at radius 3 is 2.67 bits per heavy atom. The summed E-state index contributed by atoms with van der Waals surface area (Å²) in [6.45, 7) is 0. The number of nitrogens with zero attached hydrogens (tertiary/aromatic N) is 4. The van der Waals surface area contributed by atoms with E-state index in [1.807, 2.05) is 0 Å². The number of anilines is 2. The van der Waals surface area contributed by atoms with Gasteiger partial charge in [-0.05, 0) is 12.1 Å². The number of halogens is 1. The molecule has 3 rings (SSSR count). The van der Waals surface area contributed by atoms with Crippen molar-refractivity contribution < 1.29 is 4.39 Å². The summed E-state index contributed by atoms with van der Waals surface area (Å²) in [7, 11) is 0. The van der Waals surface area contributed by atoms with Gasteiger partial charge in [0.25, 0.3) is 0 Å². The molecule has 4 N–H and O–H groups in total. The van der Waals surface area contributed by atoms with Crippen LogP contribution in [0.5, 0.6) is 0 Å². The Morgan fingerprint density at radius 1 is 1.11 bits per heavy atom. The zero-order valence-electron chi connectivity index (χ0n) is 9.21. The highest BCUT2D eigenvalue weighted by Crippen LogP contribution is 2.28. The van der Waals surface area contributed by atoms with Gasteiger partial charge in [-0.3, -0.25) is 4.57 Å². The van der Waals surface area contributed by atoms with Crippen molar-refractivity contribution in [2.24, 2.45) is 0 Å². The second-order valence-electron chi connectivity index (χ2n) is 3.69. The lowest BCUT2D eigenvalue weighted by molar-refractivity contribution is 0.618. The molecule has 0 atom stereocenters. The van der Waals surface area contributed by atoms with Crippen LogP contribution in [0.2, 0.25) is 0 Å². The highest BCUT2D eigenvalue weighted by molar-refractivity contribution is 5.70. The zero-order chi connectivity index (χ0) is 12.7. The van der Waals surface area contributed by atoms with Gasteiger partial charge in [0, 0.05) is 0 Å². The molecule has 18 heavy (non-hydrogen) atoms. The number of benzene rings is 1. The number of nitrogen functional groups attached to an aromatic ring is 2. The predicted molar refractivity (Wildman–Crippen MR) is 64.6 cm³/mol. The number of imidazole rings is 1. The van der Waals surface area contributed by atoms with Crippen LogP contribution in [0.15, 0.2) is 30.6 Å². The molecule has 1 aromatic rings. The summed E-state index contributed by atoms with van der Waals surface area (Å²) >= 11 is 0. The number of rotatable bonds is 1. The summed E-state index contributed by atoms with van der Waals surface area (Å²) in [5, 5.41) is 0. The van der Waals surface area contributed by atoms with Crippen LogP contribution in [0.25, 0.3) is 17.2 Å². The minimum atomic E-state index is -0.443. The van der Waals surface area contributed by atoms with Crippen molar-refractivity contribution in [3.8, 4) is 17.2 Å². The average Bonchev–Trinajstić information content (AvgIpc) is 2.79. The van der Waals surface area contributed by atoms with Crippen molar-refractivity contribution in [1.82, 2.24) is 19.5 Å². The molecule has 1 aromatic carbocycles. The molecular weight excluding hydrogens is 235 g/mol. The molecule has 2 heterocycles. The molecule has 7 heteroatoms. The SMILES string of the molecule is Nc1nc2ncnc-2c(N)n1-c1ccccc1F. The van der Waals surface area contributed by atoms with Gasteiger partial charge >= 0.3 is 0 Å². The zero-order valence-corrected chi connectivity index (χ0v) is 9.21. The summed E-state index contributed by atoms with van der Waals surface area (Å²) in [5.41, 5.74) is 12.3. The van der Waals surface area contributed by atoms with Gasteiger partial charge in [0.2, 0.25) is 5.95 Å². The van der Waals surface area contributed by atoms with Gasteiger partial charge in [0.05, 0.1) is 5.69 Å². The molecule has 0 aliphatic carbocycles. The quantitative estimate of drug-likeness (QED) is 0.667. The van der Waals surface area contributed by atoms with Crippen molar-refractivity contribution in [1.29, 1.82) is 0 Å². The second-order valence-corrected chi connectivity index (χ2v) is 3.69. The molecule has 2 aliphatic heterocycles. The van der Waals surface area contributed by atoms with Crippen LogP contribution in [0.1, 0.15) is 0 Å². The van der Waals surface area contributed by atoms with Crippen LogP contribution in [0, 0.1) is 5.82 Å². The maximum absolute atomic E-state index is 13.8. The number of para-hydroxylation sites is 1. The van der Waals surface area contributed by atoms with Crippen LogP contribution >= 0.6 is 0 Å². The fraction of sp³-hybridized carbons (Fsp3) is 0. The van der Waals surface area contributed by atoms with E-state index < -0.39 is 5.82 Å². The smallest absolute Gasteiger partial charge is 0.208 e. The van der Waals surface area contributed by atoms with E-state index in [0.29, 0.717) is 11.5 Å². The number of hydrogen-bond donors (Lipinski definition) is 2. The summed E-state index contributed by atoms with van der Waals surface area (Å²) in [6, 6.07) is 6.15. The molecule has 0 saturated carbocycles. The number of aromatic nitrogens is 4. The van der Waals surface area contributed by atoms with Gasteiger partial charge in [-0.2, -0.15) is 4.98 Å². The van der Waals surface area contributed by atoms with Crippen molar-refractivity contribution >= 4 is 11.8 Å². The molecule has 6 nitrogen and oxygen atoms in total. The highest BCUT2D eigenvalue weighted by atomic mass is 19.1. The van der Waals surface area contributed by atoms with E-state index >= 15 is 0 Å². The molecule has 90 valence electrons. The Kier molecular flexibility index (Phi) is 2.12. The lowest BCUT2D eigenvalue weighted by Gasteiger charge is -2.15. The van der Waals surface area contributed by atoms with E-state index in [1.165, 1.54) is 17.0 Å². The topological polar surface area (TPSA) is 95.6 Å². The van der Waals surface area contributed by atoms with Crippen molar-refractivity contribution in [3.05, 3.63) is 36.4 Å². The molecule has 0 spiro atoms. The molecule has 0 amide bonds. The van der Waals surface area contributed by atoms with Gasteiger partial charge in [0.15, 0.2) is 11.5 Å². The average molecular weight is 244 g/mol. The van der Waals surface area contributed by atoms with Gasteiger partial charge in [-0.1, -0.05) is 12.1 Å². The fourth-order valence-electron chi connectivity index (χ4n) is 1.80. The third-order valence-corrected chi connectivity index (χ3v) is 2.61. The van der Waals surface area contributed by atoms with E-state index in [2.05, 4.69) is 15.0 Å². The molecule has 0 aromatic heterocycles. The standard InChI is InChI=1S/C11H9FN6/c12-6-3-1-2-4-7(6)18-9(13)8-10(16-5-15-8)17-11(18)14/h1-5H,13H2,(H2,14,15,16,17). The first-order valence-corrected chi connectivity index (χ1v) is 5.18. The summed E-state index contributed by atoms with van der Waals surface area (Å²) in [4.78, 5) is 11.9. The van der Waals surface area contributed by atoms with Gasteiger partial charge in [-0.15, -0.1) is 0 Å². The third kappa shape index (κ3) is 1.37. The molecule has 2 aliphatic rings. The normalized spacial score (nSPS) is 10.9. The number of hydrogen-bond acceptors (Lipinski definition) is 5. The second kappa shape index (κ2) is 3.66. The van der Waals surface area contributed by atoms with Crippen LogP contribution in [0.3, 0.4) is 0 Å². The van der Waals surface area contributed by atoms with E-state index in [9.17, 15) is 4.39 Å². The van der Waals surface area contributed by atoms with Crippen LogP contribution in [0.4, 0.5) is 16.2 Å². The molecule has 0 fully saturated rings. The third-order valence-electron chi connectivity index (χ3n) is 2.61. The Labute approximate surface area is 101 Å². The minimum Gasteiger partial charge on any atom is -0.383 e. The lowest BCUT2D eigenvalue weighted by atomic mass is 10.3. The summed E-state index contributed by atoms with van der Waals surface area (Å²) < 4.78 is 15.1. The van der Waals surface area contributed by atoms with Gasteiger partial charge in [0.1, 0.15) is 18.0 Å². The lowest BCUT2D eigenvalue weighted by Crippen LogP contribution is -2.14. The first-order chi connectivity index (χ1) is 8.68. The molecule has 0 saturated heterocycles. The highest BCUT2D eigenvalue weighted by Gasteiger charge is 2.19. The molecule has 0 radical (unpaired) electrons. The molecule has 0 bridgehead atoms. The first-order valence-electron chi connectivity index (χ1n) is 5.18. The predicted octanol–water partition coefficient (Wildman–Crippen LogP) is 1.07. The summed E-state index contributed by atoms with van der Waals surface area (Å²) in [5.74, 6) is 0.171. The van der Waals surface area contributed by atoms with E-state index in [4.69, 9.17) is 11.5 Å². The van der Waals surface area contributed by atoms with Crippen molar-refractivity contribution in [2.45, 2.75) is 0 Å². The van der Waals surface area contributed by atoms with Crippen molar-refractivity contribution in [3.63, 3.8) is 0 Å². The first kappa shape index (κ1) is 10.5. The van der Waals surface area contributed by atoms with E-state index in [0.717, 1.165) is 0 Å². The largest absolute Gasteiger partial charge is 0.383 e. The van der Waals surface area contributed by atoms with Crippen molar-refractivity contribution in [2.75, 3.05) is 11.5 Å². The maximum atomic E-state index is 13.8. The van der Waals surface area contributed by atoms with Crippen LogP contribution in [-0.2, 0) is 0 Å².